The highest BCUT2D eigenvalue weighted by Gasteiger charge is 2.21. The van der Waals surface area contributed by atoms with Crippen LogP contribution in [0.1, 0.15) is 48.5 Å². The Morgan fingerprint density at radius 2 is 1.84 bits per heavy atom. The summed E-state index contributed by atoms with van der Waals surface area (Å²) in [5.41, 5.74) is 2.24. The highest BCUT2D eigenvalue weighted by atomic mass is 32.2. The minimum atomic E-state index is -2.94. The first-order valence-corrected chi connectivity index (χ1v) is 8.80. The summed E-state index contributed by atoms with van der Waals surface area (Å²) >= 11 is 0. The molecular formula is C14H25NO3S. The first-order chi connectivity index (χ1) is 8.76. The smallest absolute Gasteiger partial charge is 0.147 e. The number of sulfone groups is 1. The first kappa shape index (κ1) is 16.2. The van der Waals surface area contributed by atoms with E-state index in [9.17, 15) is 8.42 Å². The molecule has 1 heterocycles. The Morgan fingerprint density at radius 1 is 1.21 bits per heavy atom. The van der Waals surface area contributed by atoms with Crippen LogP contribution in [0.4, 0.5) is 0 Å². The minimum absolute atomic E-state index is 0.0483. The molecule has 0 saturated carbocycles. The van der Waals surface area contributed by atoms with Gasteiger partial charge in [0.25, 0.3) is 0 Å². The van der Waals surface area contributed by atoms with Crippen molar-refractivity contribution in [2.24, 2.45) is 0 Å². The highest BCUT2D eigenvalue weighted by molar-refractivity contribution is 7.90. The molecule has 5 heteroatoms. The van der Waals surface area contributed by atoms with Crippen LogP contribution >= 0.6 is 0 Å². The second-order valence-corrected chi connectivity index (χ2v) is 7.44. The zero-order valence-electron chi connectivity index (χ0n) is 12.5. The van der Waals surface area contributed by atoms with Gasteiger partial charge in [-0.2, -0.15) is 0 Å². The molecular weight excluding hydrogens is 262 g/mol. The summed E-state index contributed by atoms with van der Waals surface area (Å²) in [5.74, 6) is 1.99. The third-order valence-electron chi connectivity index (χ3n) is 3.38. The lowest BCUT2D eigenvalue weighted by Gasteiger charge is -2.19. The molecule has 1 unspecified atom stereocenters. The molecule has 1 N–H and O–H groups in total. The van der Waals surface area contributed by atoms with Gasteiger partial charge in [0, 0.05) is 17.9 Å². The fraction of sp³-hybridized carbons (Fsp3) is 0.714. The summed E-state index contributed by atoms with van der Waals surface area (Å²) in [5, 5.41) is 3.43. The Hall–Kier alpha value is -0.810. The third kappa shape index (κ3) is 4.66. The maximum absolute atomic E-state index is 11.4. The zero-order valence-corrected chi connectivity index (χ0v) is 13.4. The SMILES string of the molecule is CCCNC(CCS(C)(=O)=O)c1c(C)oc(C)c1C. The van der Waals surface area contributed by atoms with E-state index in [0.29, 0.717) is 6.42 Å². The van der Waals surface area contributed by atoms with Gasteiger partial charge in [-0.25, -0.2) is 8.42 Å². The molecule has 0 aliphatic rings. The number of aryl methyl sites for hydroxylation is 2. The van der Waals surface area contributed by atoms with Crippen LogP contribution in [-0.2, 0) is 9.84 Å². The molecule has 0 saturated heterocycles. The summed E-state index contributed by atoms with van der Waals surface area (Å²) < 4.78 is 28.4. The van der Waals surface area contributed by atoms with Crippen LogP contribution in [0, 0.1) is 20.8 Å². The predicted octanol–water partition coefficient (Wildman–Crippen LogP) is 2.68. The normalized spacial score (nSPS) is 13.7. The Bertz CT molecular complexity index is 517. The van der Waals surface area contributed by atoms with E-state index >= 15 is 0 Å². The van der Waals surface area contributed by atoms with Crippen molar-refractivity contribution >= 4 is 9.84 Å². The summed E-state index contributed by atoms with van der Waals surface area (Å²) in [4.78, 5) is 0. The van der Waals surface area contributed by atoms with E-state index in [1.165, 1.54) is 6.26 Å². The molecule has 19 heavy (non-hydrogen) atoms. The minimum Gasteiger partial charge on any atom is -0.466 e. The molecule has 0 aliphatic heterocycles. The van der Waals surface area contributed by atoms with E-state index in [1.54, 1.807) is 0 Å². The average molecular weight is 287 g/mol. The van der Waals surface area contributed by atoms with Gasteiger partial charge in [-0.15, -0.1) is 0 Å². The largest absolute Gasteiger partial charge is 0.466 e. The van der Waals surface area contributed by atoms with Gasteiger partial charge in [-0.05, 0) is 45.7 Å². The highest BCUT2D eigenvalue weighted by Crippen LogP contribution is 2.29. The summed E-state index contributed by atoms with van der Waals surface area (Å²) in [7, 11) is -2.94. The average Bonchev–Trinajstić information content (AvgIpc) is 2.53. The molecule has 1 rings (SSSR count). The molecule has 0 fully saturated rings. The van der Waals surface area contributed by atoms with Crippen LogP contribution in [0.2, 0.25) is 0 Å². The molecule has 1 aromatic heterocycles. The van der Waals surface area contributed by atoms with Crippen LogP contribution in [0.25, 0.3) is 0 Å². The second-order valence-electron chi connectivity index (χ2n) is 5.18. The number of rotatable bonds is 7. The van der Waals surface area contributed by atoms with E-state index in [1.807, 2.05) is 20.8 Å². The molecule has 0 radical (unpaired) electrons. The van der Waals surface area contributed by atoms with Gasteiger partial charge in [-0.1, -0.05) is 6.92 Å². The van der Waals surface area contributed by atoms with Gasteiger partial charge in [0.15, 0.2) is 0 Å². The summed E-state index contributed by atoms with van der Waals surface area (Å²) in [6.07, 6.45) is 2.88. The van der Waals surface area contributed by atoms with E-state index < -0.39 is 9.84 Å². The first-order valence-electron chi connectivity index (χ1n) is 6.73. The van der Waals surface area contributed by atoms with Crippen molar-refractivity contribution in [3.8, 4) is 0 Å². The molecule has 110 valence electrons. The Kier molecular flexibility index (Phi) is 5.62. The van der Waals surface area contributed by atoms with Crippen molar-refractivity contribution in [1.29, 1.82) is 0 Å². The van der Waals surface area contributed by atoms with Crippen LogP contribution in [-0.4, -0.2) is 27.0 Å². The number of furan rings is 1. The Balaban J connectivity index is 2.95. The molecule has 4 nitrogen and oxygen atoms in total. The van der Waals surface area contributed by atoms with E-state index in [4.69, 9.17) is 4.42 Å². The van der Waals surface area contributed by atoms with Crippen LogP contribution in [0.15, 0.2) is 4.42 Å². The maximum Gasteiger partial charge on any atom is 0.147 e. The fourth-order valence-electron chi connectivity index (χ4n) is 2.32. The van der Waals surface area contributed by atoms with E-state index in [-0.39, 0.29) is 11.8 Å². The molecule has 1 aromatic rings. The molecule has 0 spiro atoms. The van der Waals surface area contributed by atoms with Gasteiger partial charge in [-0.3, -0.25) is 0 Å². The van der Waals surface area contributed by atoms with Crippen molar-refractivity contribution in [3.63, 3.8) is 0 Å². The molecule has 0 bridgehead atoms. The van der Waals surface area contributed by atoms with Crippen molar-refractivity contribution in [3.05, 3.63) is 22.6 Å². The van der Waals surface area contributed by atoms with Gasteiger partial charge in [0.05, 0.1) is 5.75 Å². The molecule has 0 aromatic carbocycles. The third-order valence-corrected chi connectivity index (χ3v) is 4.36. The number of nitrogens with one attached hydrogen (secondary N) is 1. The fourth-order valence-corrected chi connectivity index (χ4v) is 2.98. The maximum atomic E-state index is 11.4. The predicted molar refractivity (Wildman–Crippen MR) is 78.3 cm³/mol. The van der Waals surface area contributed by atoms with Gasteiger partial charge >= 0.3 is 0 Å². The number of hydrogen-bond acceptors (Lipinski definition) is 4. The van der Waals surface area contributed by atoms with Crippen LogP contribution < -0.4 is 5.32 Å². The topological polar surface area (TPSA) is 59.3 Å². The van der Waals surface area contributed by atoms with Crippen molar-refractivity contribution in [2.45, 2.75) is 46.6 Å². The van der Waals surface area contributed by atoms with E-state index in [0.717, 1.165) is 35.6 Å². The lowest BCUT2D eigenvalue weighted by atomic mass is 10.00. The van der Waals surface area contributed by atoms with Crippen LogP contribution in [0.5, 0.6) is 0 Å². The quantitative estimate of drug-likeness (QED) is 0.837. The molecule has 0 aliphatic carbocycles. The van der Waals surface area contributed by atoms with Crippen molar-refractivity contribution in [1.82, 2.24) is 5.32 Å². The zero-order chi connectivity index (χ0) is 14.6. The second kappa shape index (κ2) is 6.57. The number of hydrogen-bond donors (Lipinski definition) is 1. The van der Waals surface area contributed by atoms with Gasteiger partial charge in [0.1, 0.15) is 21.4 Å². The van der Waals surface area contributed by atoms with Crippen molar-refractivity contribution in [2.75, 3.05) is 18.6 Å². The van der Waals surface area contributed by atoms with Crippen molar-refractivity contribution < 1.29 is 12.8 Å². The molecule has 0 amide bonds. The van der Waals surface area contributed by atoms with Crippen LogP contribution in [0.3, 0.4) is 0 Å². The van der Waals surface area contributed by atoms with Gasteiger partial charge < -0.3 is 9.73 Å². The summed E-state index contributed by atoms with van der Waals surface area (Å²) in [6, 6.07) is 0.0483. The monoisotopic (exact) mass is 287 g/mol. The lowest BCUT2D eigenvalue weighted by Crippen LogP contribution is -2.25. The lowest BCUT2D eigenvalue weighted by molar-refractivity contribution is 0.475. The molecule has 1 atom stereocenters. The van der Waals surface area contributed by atoms with Gasteiger partial charge in [0.2, 0.25) is 0 Å². The van der Waals surface area contributed by atoms with E-state index in [2.05, 4.69) is 12.2 Å². The standard InChI is InChI=1S/C14H25NO3S/c1-6-8-15-13(7-9-19(5,16)17)14-10(2)11(3)18-12(14)4/h13,15H,6-9H2,1-5H3. The Morgan fingerprint density at radius 3 is 2.26 bits per heavy atom. The summed E-state index contributed by atoms with van der Waals surface area (Å²) in [6.45, 7) is 8.89. The Labute approximate surface area is 116 Å².